The molecular formula is C49H72O9. The van der Waals surface area contributed by atoms with Gasteiger partial charge in [0.15, 0.2) is 0 Å². The van der Waals surface area contributed by atoms with Gasteiger partial charge in [0.1, 0.15) is 30.0 Å². The van der Waals surface area contributed by atoms with E-state index in [2.05, 4.69) is 83.1 Å². The molecule has 322 valence electrons. The average Bonchev–Trinajstić information content (AvgIpc) is 3.05. The summed E-state index contributed by atoms with van der Waals surface area (Å²) in [6.45, 7) is 34.0. The van der Waals surface area contributed by atoms with Crippen LogP contribution in [-0.2, 0) is 59.0 Å². The molecule has 3 rings (SSSR count). The van der Waals surface area contributed by atoms with E-state index in [1.54, 1.807) is 13.8 Å². The highest BCUT2D eigenvalue weighted by molar-refractivity contribution is 5.88. The second kappa shape index (κ2) is 18.6. The quantitative estimate of drug-likeness (QED) is 0.147. The Morgan fingerprint density at radius 1 is 0.534 bits per heavy atom. The molecule has 0 heterocycles. The number of rotatable bonds is 10. The van der Waals surface area contributed by atoms with Crippen molar-refractivity contribution in [3.63, 3.8) is 0 Å². The Bertz CT molecular complexity index is 1860. The van der Waals surface area contributed by atoms with Crippen molar-refractivity contribution in [2.24, 2.45) is 0 Å². The first-order valence-electron chi connectivity index (χ1n) is 20.3. The Kier molecular flexibility index (Phi) is 15.9. The third kappa shape index (κ3) is 14.1. The number of carboxylic acids is 1. The minimum absolute atomic E-state index is 0.0117. The number of ether oxygens (including phenoxy) is 2. The largest absolute Gasteiger partial charge is 0.507 e. The van der Waals surface area contributed by atoms with Gasteiger partial charge in [0, 0.05) is 18.4 Å². The number of hydrogen-bond acceptors (Lipinski definition) is 8. The predicted molar refractivity (Wildman–Crippen MR) is 233 cm³/mol. The van der Waals surface area contributed by atoms with Crippen LogP contribution in [-0.4, -0.2) is 51.0 Å². The third-order valence-electron chi connectivity index (χ3n) is 9.97. The fourth-order valence-electron chi connectivity index (χ4n) is 6.53. The molecule has 3 aromatic rings. The monoisotopic (exact) mass is 805 g/mol. The molecule has 9 nitrogen and oxygen atoms in total. The van der Waals surface area contributed by atoms with Gasteiger partial charge in [-0.1, -0.05) is 128 Å². The molecule has 0 aromatic heterocycles. The average molecular weight is 805 g/mol. The lowest BCUT2D eigenvalue weighted by molar-refractivity contribution is -0.157. The molecule has 3 aromatic carbocycles. The molecule has 0 amide bonds. The first kappa shape index (κ1) is 49.6. The van der Waals surface area contributed by atoms with Crippen LogP contribution in [0, 0.1) is 6.92 Å². The molecule has 4 N–H and O–H groups in total. The molecular weight excluding hydrogens is 733 g/mol. The maximum Gasteiger partial charge on any atom is 0.335 e. The maximum atomic E-state index is 12.6. The lowest BCUT2D eigenvalue weighted by atomic mass is 9.78. The summed E-state index contributed by atoms with van der Waals surface area (Å²) in [5.74, 6) is -0.872. The van der Waals surface area contributed by atoms with Crippen molar-refractivity contribution >= 4 is 17.9 Å². The van der Waals surface area contributed by atoms with Crippen LogP contribution in [0.3, 0.4) is 0 Å². The van der Waals surface area contributed by atoms with Gasteiger partial charge in [0.25, 0.3) is 0 Å². The molecule has 0 saturated carbocycles. The molecule has 0 bridgehead atoms. The van der Waals surface area contributed by atoms with Crippen molar-refractivity contribution < 1.29 is 44.3 Å². The molecule has 0 aliphatic heterocycles. The van der Waals surface area contributed by atoms with E-state index >= 15 is 0 Å². The van der Waals surface area contributed by atoms with E-state index < -0.39 is 12.1 Å². The number of aromatic carboxylic acids is 1. The van der Waals surface area contributed by atoms with Crippen molar-refractivity contribution in [2.45, 2.75) is 177 Å². The van der Waals surface area contributed by atoms with Crippen molar-refractivity contribution in [3.05, 3.63) is 86.5 Å². The third-order valence-corrected chi connectivity index (χ3v) is 9.97. The molecule has 0 saturated heterocycles. The van der Waals surface area contributed by atoms with Gasteiger partial charge in [-0.3, -0.25) is 9.59 Å². The molecule has 0 radical (unpaired) electrons. The molecule has 0 aliphatic rings. The standard InChI is InChI=1S/C37H56O6.C12H16O3/c1-23(43-31(39)17-15-25-20-28(36(8,9)10)33(41)29(21-25)37(11,12)13)22-42-30(38)16-14-24-18-26(34(2,3)4)32(40)27(19-24)35(5,6)7;1-7-5-8(11(14)15)6-9(10(7)13)12(2,3)4/h18-21,23,40-41H,14-17,22H2,1-13H3;5-6,13H,1-4H3,(H,14,15). The van der Waals surface area contributed by atoms with E-state index in [1.807, 2.05) is 45.0 Å². The van der Waals surface area contributed by atoms with Crippen LogP contribution < -0.4 is 0 Å². The van der Waals surface area contributed by atoms with Gasteiger partial charge in [-0.15, -0.1) is 0 Å². The van der Waals surface area contributed by atoms with E-state index in [1.165, 1.54) is 12.1 Å². The van der Waals surface area contributed by atoms with Gasteiger partial charge in [-0.05, 0) is 105 Å². The molecule has 9 heteroatoms. The topological polar surface area (TPSA) is 151 Å². The number of hydrogen-bond donors (Lipinski definition) is 4. The summed E-state index contributed by atoms with van der Waals surface area (Å²) in [5.41, 5.74) is 5.63. The molecule has 1 unspecified atom stereocenters. The van der Waals surface area contributed by atoms with Gasteiger partial charge in [-0.2, -0.15) is 0 Å². The van der Waals surface area contributed by atoms with E-state index in [0.29, 0.717) is 35.5 Å². The van der Waals surface area contributed by atoms with Crippen molar-refractivity contribution in [2.75, 3.05) is 6.61 Å². The smallest absolute Gasteiger partial charge is 0.335 e. The highest BCUT2D eigenvalue weighted by atomic mass is 16.6. The number of carboxylic acid groups (broad SMARTS) is 1. The summed E-state index contributed by atoms with van der Waals surface area (Å²) in [5, 5.41) is 40.6. The SMILES string of the molecule is CC(COC(=O)CCc1cc(C(C)(C)C)c(O)c(C(C)(C)C)c1)OC(=O)CCc1cc(C(C)(C)C)c(O)c(C(C)(C)C)c1.Cc1cc(C(=O)O)cc(C(C)(C)C)c1O. The van der Waals surface area contributed by atoms with Crippen LogP contribution in [0.5, 0.6) is 17.2 Å². The lowest BCUT2D eigenvalue weighted by Gasteiger charge is -2.28. The first-order valence-corrected chi connectivity index (χ1v) is 20.3. The predicted octanol–water partition coefficient (Wildman–Crippen LogP) is 11.0. The Morgan fingerprint density at radius 2 is 0.862 bits per heavy atom. The summed E-state index contributed by atoms with van der Waals surface area (Å²) < 4.78 is 11.0. The Balaban J connectivity index is 0.000000645. The van der Waals surface area contributed by atoms with Crippen LogP contribution in [0.1, 0.15) is 178 Å². The molecule has 0 spiro atoms. The van der Waals surface area contributed by atoms with E-state index in [-0.39, 0.29) is 69.8 Å². The van der Waals surface area contributed by atoms with Gasteiger partial charge in [0.05, 0.1) is 5.56 Å². The van der Waals surface area contributed by atoms with Crippen LogP contribution in [0.25, 0.3) is 0 Å². The second-order valence-corrected chi connectivity index (χ2v) is 20.8. The van der Waals surface area contributed by atoms with Gasteiger partial charge < -0.3 is 29.9 Å². The highest BCUT2D eigenvalue weighted by Gasteiger charge is 2.28. The summed E-state index contributed by atoms with van der Waals surface area (Å²) in [7, 11) is 0. The van der Waals surface area contributed by atoms with Crippen LogP contribution in [0.15, 0.2) is 36.4 Å². The van der Waals surface area contributed by atoms with E-state index in [0.717, 1.165) is 33.4 Å². The molecule has 0 fully saturated rings. The van der Waals surface area contributed by atoms with Crippen molar-refractivity contribution in [1.82, 2.24) is 0 Å². The Labute approximate surface area is 348 Å². The van der Waals surface area contributed by atoms with Crippen LogP contribution in [0.2, 0.25) is 0 Å². The maximum absolute atomic E-state index is 12.6. The molecule has 1 atom stereocenters. The summed E-state index contributed by atoms with van der Waals surface area (Å²) in [6.07, 6.45) is 0.770. The zero-order chi connectivity index (χ0) is 44.9. The fraction of sp³-hybridized carbons (Fsp3) is 0.571. The number of aromatic hydroxyl groups is 3. The van der Waals surface area contributed by atoms with Gasteiger partial charge in [0.2, 0.25) is 0 Å². The van der Waals surface area contributed by atoms with Crippen LogP contribution in [0.4, 0.5) is 0 Å². The highest BCUT2D eigenvalue weighted by Crippen LogP contribution is 2.41. The zero-order valence-corrected chi connectivity index (χ0v) is 38.4. The summed E-state index contributed by atoms with van der Waals surface area (Å²) in [4.78, 5) is 36.1. The molecule has 58 heavy (non-hydrogen) atoms. The van der Waals surface area contributed by atoms with E-state index in [9.17, 15) is 29.7 Å². The lowest BCUT2D eigenvalue weighted by Crippen LogP contribution is -2.23. The number of aryl methyl sites for hydroxylation is 3. The van der Waals surface area contributed by atoms with Crippen molar-refractivity contribution in [3.8, 4) is 17.2 Å². The Morgan fingerprint density at radius 3 is 1.19 bits per heavy atom. The van der Waals surface area contributed by atoms with Gasteiger partial charge >= 0.3 is 17.9 Å². The summed E-state index contributed by atoms with van der Waals surface area (Å²) >= 11 is 0. The van der Waals surface area contributed by atoms with Crippen molar-refractivity contribution in [1.29, 1.82) is 0 Å². The van der Waals surface area contributed by atoms with Gasteiger partial charge in [-0.25, -0.2) is 4.79 Å². The second-order valence-electron chi connectivity index (χ2n) is 20.8. The number of carbonyl (C=O) groups excluding carboxylic acids is 2. The van der Waals surface area contributed by atoms with E-state index in [4.69, 9.17) is 14.6 Å². The summed E-state index contributed by atoms with van der Waals surface area (Å²) in [6, 6.07) is 10.9. The first-order chi connectivity index (χ1) is 26.1. The minimum atomic E-state index is -0.969. The van der Waals surface area contributed by atoms with Crippen LogP contribution >= 0.6 is 0 Å². The number of phenolic OH excluding ortho intramolecular Hbond substituents is 3. The number of phenols is 3. The fourth-order valence-corrected chi connectivity index (χ4v) is 6.53. The minimum Gasteiger partial charge on any atom is -0.507 e. The number of benzene rings is 3. The number of esters is 2. The zero-order valence-electron chi connectivity index (χ0n) is 38.4. The molecule has 0 aliphatic carbocycles. The number of carbonyl (C=O) groups is 3. The Hall–Kier alpha value is -4.53. The normalized spacial score (nSPS) is 13.0.